The second-order valence-electron chi connectivity index (χ2n) is 34.9. The number of aliphatic hydroxyl groups excluding tert-OH is 20. The van der Waals surface area contributed by atoms with Gasteiger partial charge >= 0.3 is 0 Å². The normalized spacial score (nSPS) is 38.1. The average molecular weight is 1820 g/mol. The lowest BCUT2D eigenvalue weighted by Crippen LogP contribution is -2.71. The van der Waals surface area contributed by atoms with Crippen LogP contribution in [-0.2, 0) is 80.7 Å². The fraction of sp³-hybridized carbons (Fsp3) is 0.942. The molecule has 0 radical (unpaired) electrons. The molecular weight excluding hydrogens is 1670 g/mol. The van der Waals surface area contributed by atoms with Gasteiger partial charge < -0.3 is 184 Å². The fourth-order valence-corrected chi connectivity index (χ4v) is 17.3. The Kier molecular flexibility index (Phi) is 50.7. The molecule has 37 atom stereocenters. The first kappa shape index (κ1) is 110. The lowest BCUT2D eigenvalue weighted by molar-refractivity contribution is -0.399. The SMILES string of the molecule is CCCCCCCCCCCCC/C=C/[C@@H](O)[C@H](CO[C@@H]1OC(CO)[C@@H](O[C@@H]2OC(CO)[C@H](O[C@@H]3OC(CO)[C@H](O[C@@H]4OC(CO)[C@H](O)[C@H](O[C@@H]5OC(CO)[C@H](O)[C@H](O[C@H]6C(O)[C@H](O)C(C)O[C@H]6O)C5O)C4NC(C)=O)[C@H](O[C@@H]4OC(CO)[C@H](O)[C@H](O)C4NC(C)=O)C3O)[C@H](O)C2O)[C@H](O)C1O)NC(=O)CCCCCCCCCCCCCCCCCCCCC. The molecule has 7 aliphatic heterocycles. The molecule has 40 heteroatoms. The summed E-state index contributed by atoms with van der Waals surface area (Å²) in [6.07, 6.45) is -26.9. The van der Waals surface area contributed by atoms with Gasteiger partial charge in [-0.2, -0.15) is 0 Å². The van der Waals surface area contributed by atoms with Crippen molar-refractivity contribution in [1.82, 2.24) is 16.0 Å². The highest BCUT2D eigenvalue weighted by Gasteiger charge is 2.60. The van der Waals surface area contributed by atoms with Crippen molar-refractivity contribution in [2.45, 2.75) is 467 Å². The largest absolute Gasteiger partial charge is 0.394 e. The smallest absolute Gasteiger partial charge is 0.220 e. The number of ether oxygens (including phenoxy) is 14. The molecule has 0 aromatic rings. The zero-order valence-electron chi connectivity index (χ0n) is 74.0. The number of hydrogen-bond acceptors (Lipinski definition) is 37. The number of carbonyl (C=O) groups excluding carboxylic acids is 3. The number of nitrogens with one attached hydrogen (secondary N) is 3. The number of amides is 3. The summed E-state index contributed by atoms with van der Waals surface area (Å²) < 4.78 is 83.9. The Morgan fingerprint density at radius 1 is 0.333 bits per heavy atom. The van der Waals surface area contributed by atoms with Gasteiger partial charge in [-0.05, 0) is 26.2 Å². The van der Waals surface area contributed by atoms with Crippen molar-refractivity contribution in [1.29, 1.82) is 0 Å². The van der Waals surface area contributed by atoms with Gasteiger partial charge in [0.25, 0.3) is 0 Å². The Balaban J connectivity index is 1.03. The van der Waals surface area contributed by atoms with Gasteiger partial charge in [0.05, 0.1) is 64.5 Å². The summed E-state index contributed by atoms with van der Waals surface area (Å²) in [4.78, 5) is 39.7. The number of rotatable bonds is 58. The minimum Gasteiger partial charge on any atom is -0.394 e. The molecule has 0 saturated carbocycles. The van der Waals surface area contributed by atoms with Crippen molar-refractivity contribution in [2.75, 3.05) is 46.2 Å². The number of carbonyl (C=O) groups is 3. The van der Waals surface area contributed by atoms with Crippen LogP contribution < -0.4 is 16.0 Å². The van der Waals surface area contributed by atoms with E-state index in [1.807, 2.05) is 6.08 Å². The minimum absolute atomic E-state index is 0.161. The molecule has 126 heavy (non-hydrogen) atoms. The summed E-state index contributed by atoms with van der Waals surface area (Å²) in [5.41, 5.74) is 0. The second kappa shape index (κ2) is 58.2. The standard InChI is InChI=1S/C86H155N3O37/c1-6-8-10-12-14-16-18-20-21-22-23-24-25-27-29-31-33-35-37-39-58(99)89-50(51(98)38-36-34-32-30-28-26-19-17-15-13-11-9-7-2)46-113-83-69(108)67(106)73(55(43-93)118-83)122-84-70(109)68(107)74(56(44-94)119-84)123-86-72(111)78(126-81-59(87-48(4)96)65(104)62(101)52(40-90)115-81)75(57(45-95)120-86)124-82-60(88-49(5)97)76(63(102)53(41-91)116-82)125-85-71(110)77(64(103)54(42-92)117-85)121-79-66(105)61(100)47(3)114-80(79)112/h36,38,47,50-57,59-86,90-95,98,100-112H,6-35,37,39-46H2,1-5H3,(H,87,96)(H,88,97)(H,89,99)/b38-36+/t47?,50-,51+,52?,53?,54?,55?,56?,57?,59?,60?,61+,62-,63-,64-,65+,66?,67+,68+,69?,70?,71?,72?,73+,74-,75-,76+,77-,78+,79-,80+,81-,82-,83+,84-,85-,86-/m0/s1. The number of aliphatic hydroxyl groups is 20. The highest BCUT2D eigenvalue weighted by molar-refractivity contribution is 5.76. The third-order valence-electron chi connectivity index (χ3n) is 24.8. The summed E-state index contributed by atoms with van der Waals surface area (Å²) >= 11 is 0. The molecule has 7 saturated heterocycles. The molecule has 0 spiro atoms. The molecule has 14 unspecified atom stereocenters. The van der Waals surface area contributed by atoms with Gasteiger partial charge in [0, 0.05) is 20.3 Å². The molecule has 23 N–H and O–H groups in total. The molecule has 7 rings (SSSR count). The molecule has 3 amide bonds. The van der Waals surface area contributed by atoms with Crippen LogP contribution in [0.4, 0.5) is 0 Å². The third kappa shape index (κ3) is 32.8. The summed E-state index contributed by atoms with van der Waals surface area (Å²) in [6.45, 7) is 0.832. The van der Waals surface area contributed by atoms with Gasteiger partial charge in [0.15, 0.2) is 44.0 Å². The van der Waals surface area contributed by atoms with Crippen LogP contribution in [0.3, 0.4) is 0 Å². The summed E-state index contributed by atoms with van der Waals surface area (Å²) in [5, 5.41) is 234. The quantitative estimate of drug-likeness (QED) is 0.0231. The number of allylic oxidation sites excluding steroid dienone is 1. The van der Waals surface area contributed by atoms with E-state index in [1.165, 1.54) is 142 Å². The van der Waals surface area contributed by atoms with Crippen molar-refractivity contribution in [2.24, 2.45) is 0 Å². The van der Waals surface area contributed by atoms with Crippen LogP contribution in [0.1, 0.15) is 240 Å². The Bertz CT molecular complexity index is 2990. The topological polar surface area (TPSA) is 621 Å². The van der Waals surface area contributed by atoms with Crippen molar-refractivity contribution in [3.63, 3.8) is 0 Å². The van der Waals surface area contributed by atoms with E-state index in [0.717, 1.165) is 65.2 Å². The first-order chi connectivity index (χ1) is 60.5. The predicted molar refractivity (Wildman–Crippen MR) is 443 cm³/mol. The maximum absolute atomic E-state index is 13.6. The van der Waals surface area contributed by atoms with E-state index in [-0.39, 0.29) is 12.3 Å². The molecular formula is C86H155N3O37. The van der Waals surface area contributed by atoms with E-state index in [1.54, 1.807) is 6.08 Å². The van der Waals surface area contributed by atoms with E-state index in [0.29, 0.717) is 12.8 Å². The zero-order chi connectivity index (χ0) is 92.1. The van der Waals surface area contributed by atoms with Crippen LogP contribution >= 0.6 is 0 Å². The van der Waals surface area contributed by atoms with Crippen LogP contribution in [0.15, 0.2) is 12.2 Å². The first-order valence-corrected chi connectivity index (χ1v) is 46.3. The van der Waals surface area contributed by atoms with Crippen LogP contribution in [-0.4, -0.2) is 393 Å². The van der Waals surface area contributed by atoms with Gasteiger partial charge in [-0.3, -0.25) is 14.4 Å². The van der Waals surface area contributed by atoms with Crippen LogP contribution in [0, 0.1) is 0 Å². The Morgan fingerprint density at radius 3 is 1.15 bits per heavy atom. The molecule has 40 nitrogen and oxygen atoms in total. The Labute approximate surface area is 739 Å². The lowest BCUT2D eigenvalue weighted by Gasteiger charge is -2.52. The van der Waals surface area contributed by atoms with E-state index < -0.39 is 285 Å². The van der Waals surface area contributed by atoms with Crippen molar-refractivity contribution in [3.05, 3.63) is 12.2 Å². The highest BCUT2D eigenvalue weighted by atomic mass is 16.8. The van der Waals surface area contributed by atoms with Gasteiger partial charge in [-0.15, -0.1) is 0 Å². The predicted octanol–water partition coefficient (Wildman–Crippen LogP) is -2.01. The van der Waals surface area contributed by atoms with Crippen molar-refractivity contribution < 1.29 is 183 Å². The zero-order valence-corrected chi connectivity index (χ0v) is 74.0. The van der Waals surface area contributed by atoms with Crippen LogP contribution in [0.2, 0.25) is 0 Å². The Hall–Kier alpha value is -3.21. The third-order valence-corrected chi connectivity index (χ3v) is 24.8. The molecule has 0 bridgehead atoms. The van der Waals surface area contributed by atoms with E-state index >= 15 is 0 Å². The minimum atomic E-state index is -2.43. The van der Waals surface area contributed by atoms with Gasteiger partial charge in [-0.1, -0.05) is 206 Å². The van der Waals surface area contributed by atoms with Gasteiger partial charge in [0.1, 0.15) is 165 Å². The summed E-state index contributed by atoms with van der Waals surface area (Å²) in [5.74, 6) is -2.15. The van der Waals surface area contributed by atoms with E-state index in [2.05, 4.69) is 29.8 Å². The maximum Gasteiger partial charge on any atom is 0.220 e. The van der Waals surface area contributed by atoms with Crippen LogP contribution in [0.25, 0.3) is 0 Å². The molecule has 0 aromatic heterocycles. The molecule has 7 aliphatic rings. The second-order valence-corrected chi connectivity index (χ2v) is 34.9. The molecule has 0 aliphatic carbocycles. The molecule has 736 valence electrons. The van der Waals surface area contributed by atoms with E-state index in [4.69, 9.17) is 66.3 Å². The number of unbranched alkanes of at least 4 members (excludes halogenated alkanes) is 29. The first-order valence-electron chi connectivity index (χ1n) is 46.3. The molecule has 0 aromatic carbocycles. The van der Waals surface area contributed by atoms with Gasteiger partial charge in [0.2, 0.25) is 17.7 Å². The monoisotopic (exact) mass is 1820 g/mol. The Morgan fingerprint density at radius 2 is 0.683 bits per heavy atom. The lowest BCUT2D eigenvalue weighted by atomic mass is 9.93. The summed E-state index contributed by atoms with van der Waals surface area (Å²) in [6, 6.07) is -4.82. The van der Waals surface area contributed by atoms with Crippen molar-refractivity contribution >= 4 is 17.7 Å². The van der Waals surface area contributed by atoms with E-state index in [9.17, 15) is 117 Å². The summed E-state index contributed by atoms with van der Waals surface area (Å²) in [7, 11) is 0. The maximum atomic E-state index is 13.6. The van der Waals surface area contributed by atoms with Crippen molar-refractivity contribution in [3.8, 4) is 0 Å². The van der Waals surface area contributed by atoms with Crippen LogP contribution in [0.5, 0.6) is 0 Å². The molecule has 7 fully saturated rings. The molecule has 7 heterocycles. The fourth-order valence-electron chi connectivity index (χ4n) is 17.3. The average Bonchev–Trinajstić information content (AvgIpc) is 0.768. The highest BCUT2D eigenvalue weighted by Crippen LogP contribution is 2.40. The van der Waals surface area contributed by atoms with Gasteiger partial charge in [-0.25, -0.2) is 0 Å². The number of hydrogen-bond donors (Lipinski definition) is 23.